The maximum Gasteiger partial charge on any atom is 0.161 e. The highest BCUT2D eigenvalue weighted by Crippen LogP contribution is 2.30. The number of hydrogen-bond donors (Lipinski definition) is 2. The van der Waals surface area contributed by atoms with Crippen molar-refractivity contribution in [1.82, 2.24) is 0 Å². The molecule has 1 rings (SSSR count). The zero-order valence-electron chi connectivity index (χ0n) is 10.3. The zero-order chi connectivity index (χ0) is 12.1. The molecule has 0 spiro atoms. The molecule has 0 saturated heterocycles. The highest BCUT2D eigenvalue weighted by molar-refractivity contribution is 5.85. The summed E-state index contributed by atoms with van der Waals surface area (Å²) in [6, 6.07) is 5.03. The first-order valence-corrected chi connectivity index (χ1v) is 5.34. The molecule has 0 aromatic heterocycles. The Kier molecular flexibility index (Phi) is 6.95. The van der Waals surface area contributed by atoms with Crippen molar-refractivity contribution < 1.29 is 14.6 Å². The van der Waals surface area contributed by atoms with E-state index in [0.717, 1.165) is 5.56 Å². The fraction of sp³-hybridized carbons (Fsp3) is 0.500. The van der Waals surface area contributed by atoms with E-state index in [0.29, 0.717) is 18.1 Å². The van der Waals surface area contributed by atoms with Gasteiger partial charge in [-0.2, -0.15) is 0 Å². The number of aliphatic hydroxyl groups is 1. The maximum absolute atomic E-state index is 9.41. The molecule has 0 aliphatic rings. The van der Waals surface area contributed by atoms with Gasteiger partial charge in [0.15, 0.2) is 11.5 Å². The van der Waals surface area contributed by atoms with E-state index in [2.05, 4.69) is 0 Å². The van der Waals surface area contributed by atoms with Crippen LogP contribution in [0.25, 0.3) is 0 Å². The Balaban J connectivity index is 0.00000256. The van der Waals surface area contributed by atoms with Crippen LogP contribution in [0, 0.1) is 0 Å². The largest absolute Gasteiger partial charge is 0.493 e. The lowest BCUT2D eigenvalue weighted by Gasteiger charge is -2.17. The van der Waals surface area contributed by atoms with Crippen molar-refractivity contribution in [3.63, 3.8) is 0 Å². The standard InChI is InChI=1S/C12H19NO3.ClH/c1-4-16-10-6-5-9(7-11(10)15-3)12(13)8(2)14;/h5-8,12,14H,4,13H2,1-3H3;1H/t8-,12-;/m1./s1. The molecule has 1 aromatic rings. The first-order chi connectivity index (χ1) is 7.60. The molecule has 0 radical (unpaired) electrons. The molecule has 0 saturated carbocycles. The minimum Gasteiger partial charge on any atom is -0.493 e. The Morgan fingerprint density at radius 3 is 2.47 bits per heavy atom. The topological polar surface area (TPSA) is 64.7 Å². The molecule has 2 atom stereocenters. The molecule has 17 heavy (non-hydrogen) atoms. The van der Waals surface area contributed by atoms with E-state index in [4.69, 9.17) is 15.2 Å². The Labute approximate surface area is 108 Å². The van der Waals surface area contributed by atoms with Crippen LogP contribution in [-0.2, 0) is 0 Å². The van der Waals surface area contributed by atoms with Crippen molar-refractivity contribution in [3.8, 4) is 11.5 Å². The molecular weight excluding hydrogens is 242 g/mol. The molecule has 5 heteroatoms. The number of benzene rings is 1. The van der Waals surface area contributed by atoms with Crippen molar-refractivity contribution in [2.75, 3.05) is 13.7 Å². The van der Waals surface area contributed by atoms with Crippen LogP contribution in [-0.4, -0.2) is 24.9 Å². The monoisotopic (exact) mass is 261 g/mol. The van der Waals surface area contributed by atoms with Crippen LogP contribution in [0.1, 0.15) is 25.5 Å². The van der Waals surface area contributed by atoms with Crippen LogP contribution in [0.3, 0.4) is 0 Å². The molecule has 0 aliphatic carbocycles. The van der Waals surface area contributed by atoms with Gasteiger partial charge in [-0.1, -0.05) is 6.07 Å². The second-order valence-electron chi connectivity index (χ2n) is 3.61. The number of aliphatic hydroxyl groups excluding tert-OH is 1. The minimum atomic E-state index is -0.595. The average molecular weight is 262 g/mol. The van der Waals surface area contributed by atoms with Gasteiger partial charge in [0.05, 0.1) is 25.9 Å². The van der Waals surface area contributed by atoms with Gasteiger partial charge in [-0.05, 0) is 31.5 Å². The summed E-state index contributed by atoms with van der Waals surface area (Å²) in [4.78, 5) is 0. The SMILES string of the molecule is CCOc1ccc([C@H](N)[C@@H](C)O)cc1OC.Cl. The lowest BCUT2D eigenvalue weighted by Crippen LogP contribution is -2.23. The van der Waals surface area contributed by atoms with Gasteiger partial charge < -0.3 is 20.3 Å². The van der Waals surface area contributed by atoms with Gasteiger partial charge in [-0.3, -0.25) is 0 Å². The molecule has 98 valence electrons. The molecule has 0 unspecified atom stereocenters. The second kappa shape index (κ2) is 7.37. The maximum atomic E-state index is 9.41. The van der Waals surface area contributed by atoms with Gasteiger partial charge in [0.1, 0.15) is 0 Å². The summed E-state index contributed by atoms with van der Waals surface area (Å²) in [5.41, 5.74) is 6.67. The highest BCUT2D eigenvalue weighted by Gasteiger charge is 2.14. The van der Waals surface area contributed by atoms with Crippen LogP contribution in [0.5, 0.6) is 11.5 Å². The Morgan fingerprint density at radius 1 is 1.35 bits per heavy atom. The lowest BCUT2D eigenvalue weighted by molar-refractivity contribution is 0.164. The third-order valence-electron chi connectivity index (χ3n) is 2.39. The van der Waals surface area contributed by atoms with E-state index >= 15 is 0 Å². The first-order valence-electron chi connectivity index (χ1n) is 5.34. The van der Waals surface area contributed by atoms with Gasteiger partial charge in [-0.15, -0.1) is 12.4 Å². The van der Waals surface area contributed by atoms with Crippen LogP contribution >= 0.6 is 12.4 Å². The van der Waals surface area contributed by atoms with E-state index in [-0.39, 0.29) is 12.4 Å². The Bertz CT molecular complexity index is 345. The molecule has 3 N–H and O–H groups in total. The molecule has 1 aromatic carbocycles. The summed E-state index contributed by atoms with van der Waals surface area (Å²) in [5, 5.41) is 9.41. The third-order valence-corrected chi connectivity index (χ3v) is 2.39. The number of ether oxygens (including phenoxy) is 2. The number of nitrogens with two attached hydrogens (primary N) is 1. The van der Waals surface area contributed by atoms with Crippen LogP contribution in [0.15, 0.2) is 18.2 Å². The quantitative estimate of drug-likeness (QED) is 0.850. The van der Waals surface area contributed by atoms with Gasteiger partial charge in [0.2, 0.25) is 0 Å². The van der Waals surface area contributed by atoms with Crippen molar-refractivity contribution in [2.24, 2.45) is 5.73 Å². The second-order valence-corrected chi connectivity index (χ2v) is 3.61. The summed E-state index contributed by atoms with van der Waals surface area (Å²) in [6.07, 6.45) is -0.595. The molecule has 0 bridgehead atoms. The van der Waals surface area contributed by atoms with E-state index in [9.17, 15) is 5.11 Å². The van der Waals surface area contributed by atoms with Crippen molar-refractivity contribution >= 4 is 12.4 Å². The fourth-order valence-electron chi connectivity index (χ4n) is 1.44. The van der Waals surface area contributed by atoms with Gasteiger partial charge in [-0.25, -0.2) is 0 Å². The van der Waals surface area contributed by atoms with E-state index in [1.807, 2.05) is 13.0 Å². The summed E-state index contributed by atoms with van der Waals surface area (Å²) < 4.78 is 10.6. The predicted octanol–water partition coefficient (Wildman–Crippen LogP) is 1.90. The molecule has 0 fully saturated rings. The van der Waals surface area contributed by atoms with Crippen molar-refractivity contribution in [1.29, 1.82) is 0 Å². The summed E-state index contributed by atoms with van der Waals surface area (Å²) in [6.45, 7) is 4.15. The van der Waals surface area contributed by atoms with Gasteiger partial charge >= 0.3 is 0 Å². The zero-order valence-corrected chi connectivity index (χ0v) is 11.2. The molecule has 0 amide bonds. The Hall–Kier alpha value is -0.970. The Morgan fingerprint density at radius 2 is 2.00 bits per heavy atom. The van der Waals surface area contributed by atoms with E-state index < -0.39 is 12.1 Å². The summed E-state index contributed by atoms with van der Waals surface area (Å²) in [7, 11) is 1.58. The number of rotatable bonds is 5. The smallest absolute Gasteiger partial charge is 0.161 e. The number of hydrogen-bond acceptors (Lipinski definition) is 4. The molecule has 0 aliphatic heterocycles. The first kappa shape index (κ1) is 16.0. The van der Waals surface area contributed by atoms with Crippen LogP contribution in [0.2, 0.25) is 0 Å². The average Bonchev–Trinajstić information content (AvgIpc) is 2.29. The van der Waals surface area contributed by atoms with Crippen LogP contribution < -0.4 is 15.2 Å². The minimum absolute atomic E-state index is 0. The van der Waals surface area contributed by atoms with Gasteiger partial charge in [0, 0.05) is 0 Å². The summed E-state index contributed by atoms with van der Waals surface area (Å²) >= 11 is 0. The fourth-order valence-corrected chi connectivity index (χ4v) is 1.44. The molecular formula is C12H20ClNO3. The highest BCUT2D eigenvalue weighted by atomic mass is 35.5. The van der Waals surface area contributed by atoms with E-state index in [1.165, 1.54) is 0 Å². The van der Waals surface area contributed by atoms with Crippen LogP contribution in [0.4, 0.5) is 0 Å². The van der Waals surface area contributed by atoms with Gasteiger partial charge in [0.25, 0.3) is 0 Å². The molecule has 0 heterocycles. The molecule has 4 nitrogen and oxygen atoms in total. The van der Waals surface area contributed by atoms with Crippen molar-refractivity contribution in [2.45, 2.75) is 26.0 Å². The lowest BCUT2D eigenvalue weighted by atomic mass is 10.0. The van der Waals surface area contributed by atoms with Crippen molar-refractivity contribution in [3.05, 3.63) is 23.8 Å². The third kappa shape index (κ3) is 4.07. The number of halogens is 1. The number of methoxy groups -OCH3 is 1. The predicted molar refractivity (Wildman–Crippen MR) is 70.0 cm³/mol. The summed E-state index contributed by atoms with van der Waals surface area (Å²) in [5.74, 6) is 1.32. The van der Waals surface area contributed by atoms with E-state index in [1.54, 1.807) is 26.2 Å². The normalized spacial score (nSPS) is 13.5.